The largest absolute Gasteiger partial charge is 0.379 e. The Morgan fingerprint density at radius 3 is 2.82 bits per heavy atom. The van der Waals surface area contributed by atoms with Crippen LogP contribution in [0.1, 0.15) is 30.7 Å². The lowest BCUT2D eigenvalue weighted by molar-refractivity contribution is -0.129. The first-order valence-electron chi connectivity index (χ1n) is 9.81. The fraction of sp³-hybridized carbons (Fsp3) is 0.684. The molecule has 0 saturated carbocycles. The minimum absolute atomic E-state index is 0. The standard InChI is InChI=1S/C19H31N5O2S.HI/c1-3-18(25)24-7-6-15(14-24)22-19(20-2)21-13-16(17-5-4-12-27-17)23-8-10-26-11-9-23;/h4-5,12,15-16H,3,6-11,13-14H2,1-2H3,(H2,20,21,22);1H. The van der Waals surface area contributed by atoms with Gasteiger partial charge in [0.05, 0.1) is 19.3 Å². The molecule has 2 unspecified atom stereocenters. The van der Waals surface area contributed by atoms with Crippen LogP contribution in [0.4, 0.5) is 0 Å². The zero-order valence-corrected chi connectivity index (χ0v) is 19.9. The second-order valence-corrected chi connectivity index (χ2v) is 7.94. The summed E-state index contributed by atoms with van der Waals surface area (Å²) in [6, 6.07) is 4.89. The van der Waals surface area contributed by atoms with Crippen LogP contribution in [0.3, 0.4) is 0 Å². The molecular formula is C19H32IN5O2S. The van der Waals surface area contributed by atoms with Crippen molar-refractivity contribution in [1.29, 1.82) is 0 Å². The van der Waals surface area contributed by atoms with E-state index < -0.39 is 0 Å². The molecule has 9 heteroatoms. The highest BCUT2D eigenvalue weighted by molar-refractivity contribution is 14.0. The third kappa shape index (κ3) is 6.30. The molecule has 1 amide bonds. The van der Waals surface area contributed by atoms with E-state index in [0.29, 0.717) is 12.5 Å². The molecule has 0 aliphatic carbocycles. The van der Waals surface area contributed by atoms with Crippen molar-refractivity contribution in [3.8, 4) is 0 Å². The second kappa shape index (κ2) is 11.9. The van der Waals surface area contributed by atoms with Crippen LogP contribution in [-0.4, -0.2) is 80.7 Å². The minimum Gasteiger partial charge on any atom is -0.379 e. The Kier molecular flexibility index (Phi) is 9.96. The summed E-state index contributed by atoms with van der Waals surface area (Å²) in [4.78, 5) is 22.0. The van der Waals surface area contributed by atoms with Gasteiger partial charge in [-0.25, -0.2) is 0 Å². The number of halogens is 1. The number of guanidine groups is 1. The van der Waals surface area contributed by atoms with Gasteiger partial charge < -0.3 is 20.3 Å². The average molecular weight is 521 g/mol. The van der Waals surface area contributed by atoms with Gasteiger partial charge in [0.15, 0.2) is 5.96 Å². The Labute approximate surface area is 188 Å². The number of nitrogens with zero attached hydrogens (tertiary/aromatic N) is 3. The first-order valence-corrected chi connectivity index (χ1v) is 10.7. The van der Waals surface area contributed by atoms with Crippen LogP contribution < -0.4 is 10.6 Å². The molecule has 1 aromatic heterocycles. The van der Waals surface area contributed by atoms with Gasteiger partial charge in [0.2, 0.25) is 5.91 Å². The monoisotopic (exact) mass is 521 g/mol. The quantitative estimate of drug-likeness (QED) is 0.340. The molecule has 2 N–H and O–H groups in total. The maximum absolute atomic E-state index is 11.9. The van der Waals surface area contributed by atoms with Crippen molar-refractivity contribution in [1.82, 2.24) is 20.4 Å². The van der Waals surface area contributed by atoms with Gasteiger partial charge in [-0.05, 0) is 17.9 Å². The highest BCUT2D eigenvalue weighted by Gasteiger charge is 2.27. The van der Waals surface area contributed by atoms with Crippen LogP contribution in [0.5, 0.6) is 0 Å². The van der Waals surface area contributed by atoms with Crippen molar-refractivity contribution in [2.45, 2.75) is 31.8 Å². The van der Waals surface area contributed by atoms with Crippen LogP contribution in [0.2, 0.25) is 0 Å². The number of aliphatic imine (C=N–C) groups is 1. The zero-order valence-electron chi connectivity index (χ0n) is 16.7. The molecule has 28 heavy (non-hydrogen) atoms. The van der Waals surface area contributed by atoms with Crippen LogP contribution in [0.15, 0.2) is 22.5 Å². The number of morpholine rings is 1. The Hall–Kier alpha value is -0.910. The van der Waals surface area contributed by atoms with Crippen LogP contribution in [0, 0.1) is 0 Å². The number of carbonyl (C=O) groups is 1. The van der Waals surface area contributed by atoms with E-state index in [1.165, 1.54) is 4.88 Å². The number of carbonyl (C=O) groups excluding carboxylic acids is 1. The summed E-state index contributed by atoms with van der Waals surface area (Å²) in [7, 11) is 1.80. The van der Waals surface area contributed by atoms with Crippen LogP contribution in [-0.2, 0) is 9.53 Å². The Morgan fingerprint density at radius 2 is 2.18 bits per heavy atom. The lowest BCUT2D eigenvalue weighted by Gasteiger charge is -2.34. The molecule has 2 aliphatic heterocycles. The predicted molar refractivity (Wildman–Crippen MR) is 125 cm³/mol. The molecule has 0 bridgehead atoms. The SMILES string of the molecule is CCC(=O)N1CCC(NC(=NC)NCC(c2cccs2)N2CCOCC2)C1.I. The highest BCUT2D eigenvalue weighted by Crippen LogP contribution is 2.25. The molecule has 2 aliphatic rings. The van der Waals surface area contributed by atoms with E-state index in [-0.39, 0.29) is 35.9 Å². The Morgan fingerprint density at radius 1 is 1.39 bits per heavy atom. The maximum atomic E-state index is 11.9. The molecule has 0 radical (unpaired) electrons. The molecule has 3 rings (SSSR count). The molecule has 0 aromatic carbocycles. The van der Waals surface area contributed by atoms with E-state index in [9.17, 15) is 4.79 Å². The van der Waals surface area contributed by atoms with Crippen molar-refractivity contribution in [3.63, 3.8) is 0 Å². The first-order chi connectivity index (χ1) is 13.2. The number of hydrogen-bond acceptors (Lipinski definition) is 5. The van der Waals surface area contributed by atoms with Gasteiger partial charge in [0, 0.05) is 57.1 Å². The van der Waals surface area contributed by atoms with Gasteiger partial charge in [0.25, 0.3) is 0 Å². The smallest absolute Gasteiger partial charge is 0.222 e. The van der Waals surface area contributed by atoms with Gasteiger partial charge >= 0.3 is 0 Å². The summed E-state index contributed by atoms with van der Waals surface area (Å²) in [5.41, 5.74) is 0. The van der Waals surface area contributed by atoms with E-state index in [2.05, 4.69) is 38.0 Å². The molecule has 2 fully saturated rings. The van der Waals surface area contributed by atoms with Crippen molar-refractivity contribution in [2.24, 2.45) is 4.99 Å². The summed E-state index contributed by atoms with van der Waals surface area (Å²) in [5.74, 6) is 1.04. The van der Waals surface area contributed by atoms with E-state index in [1.54, 1.807) is 18.4 Å². The van der Waals surface area contributed by atoms with E-state index in [4.69, 9.17) is 4.74 Å². The van der Waals surface area contributed by atoms with E-state index >= 15 is 0 Å². The number of ether oxygens (including phenoxy) is 1. The third-order valence-corrected chi connectivity index (χ3v) is 6.20. The van der Waals surface area contributed by atoms with E-state index in [1.807, 2.05) is 11.8 Å². The maximum Gasteiger partial charge on any atom is 0.222 e. The lowest BCUT2D eigenvalue weighted by atomic mass is 10.2. The van der Waals surface area contributed by atoms with Gasteiger partial charge in [-0.15, -0.1) is 35.3 Å². The molecule has 2 saturated heterocycles. The zero-order chi connectivity index (χ0) is 19.1. The van der Waals surface area contributed by atoms with Crippen molar-refractivity contribution < 1.29 is 9.53 Å². The number of hydrogen-bond donors (Lipinski definition) is 2. The molecule has 1 aromatic rings. The van der Waals surface area contributed by atoms with Crippen molar-refractivity contribution in [3.05, 3.63) is 22.4 Å². The van der Waals surface area contributed by atoms with Gasteiger partial charge in [-0.3, -0.25) is 14.7 Å². The molecule has 0 spiro atoms. The van der Waals surface area contributed by atoms with Crippen LogP contribution >= 0.6 is 35.3 Å². The fourth-order valence-corrected chi connectivity index (χ4v) is 4.55. The molecule has 3 heterocycles. The summed E-state index contributed by atoms with van der Waals surface area (Å²) in [5, 5.41) is 9.12. The topological polar surface area (TPSA) is 69.2 Å². The minimum atomic E-state index is 0. The van der Waals surface area contributed by atoms with Gasteiger partial charge in [-0.2, -0.15) is 0 Å². The second-order valence-electron chi connectivity index (χ2n) is 6.96. The summed E-state index contributed by atoms with van der Waals surface area (Å²) < 4.78 is 5.51. The highest BCUT2D eigenvalue weighted by atomic mass is 127. The molecule has 2 atom stereocenters. The first kappa shape index (κ1) is 23.4. The molecule has 158 valence electrons. The summed E-state index contributed by atoms with van der Waals surface area (Å²) in [6.07, 6.45) is 1.53. The van der Waals surface area contributed by atoms with Gasteiger partial charge in [-0.1, -0.05) is 13.0 Å². The Bertz CT molecular complexity index is 622. The van der Waals surface area contributed by atoms with Gasteiger partial charge in [0.1, 0.15) is 0 Å². The number of amides is 1. The molecule has 7 nitrogen and oxygen atoms in total. The third-order valence-electron chi connectivity index (χ3n) is 5.23. The van der Waals surface area contributed by atoms with Crippen LogP contribution in [0.25, 0.3) is 0 Å². The number of likely N-dealkylation sites (tertiary alicyclic amines) is 1. The fourth-order valence-electron chi connectivity index (χ4n) is 3.69. The summed E-state index contributed by atoms with van der Waals surface area (Å²) in [6.45, 7) is 7.78. The normalized spacial score (nSPS) is 21.9. The summed E-state index contributed by atoms with van der Waals surface area (Å²) >= 11 is 1.80. The number of nitrogens with one attached hydrogen (secondary N) is 2. The Balaban J connectivity index is 0.00000280. The molecular weight excluding hydrogens is 489 g/mol. The van der Waals surface area contributed by atoms with E-state index in [0.717, 1.165) is 58.3 Å². The number of rotatable bonds is 6. The van der Waals surface area contributed by atoms with Crippen molar-refractivity contribution >= 4 is 47.2 Å². The number of thiophene rings is 1. The lowest BCUT2D eigenvalue weighted by Crippen LogP contribution is -2.48. The predicted octanol–water partition coefficient (Wildman–Crippen LogP) is 1.92. The average Bonchev–Trinajstić information content (AvgIpc) is 3.40. The van der Waals surface area contributed by atoms with Crippen molar-refractivity contribution in [2.75, 3.05) is 53.0 Å².